The predicted octanol–water partition coefficient (Wildman–Crippen LogP) is 3.89. The number of methoxy groups -OCH3 is 1. The lowest BCUT2D eigenvalue weighted by Gasteiger charge is -2.28. The van der Waals surface area contributed by atoms with Gasteiger partial charge in [-0.05, 0) is 35.1 Å². The van der Waals surface area contributed by atoms with Gasteiger partial charge in [0.25, 0.3) is 0 Å². The number of hydrogen-bond acceptors (Lipinski definition) is 2. The van der Waals surface area contributed by atoms with Gasteiger partial charge in [0.1, 0.15) is 0 Å². The van der Waals surface area contributed by atoms with Crippen LogP contribution in [0.5, 0.6) is 0 Å². The number of carbonyl (C=O) groups excluding carboxylic acids is 1. The summed E-state index contributed by atoms with van der Waals surface area (Å²) in [6, 6.07) is 17.2. The first kappa shape index (κ1) is 13.4. The van der Waals surface area contributed by atoms with E-state index in [-0.39, 0.29) is 12.1 Å². The highest BCUT2D eigenvalue weighted by Crippen LogP contribution is 2.48. The predicted molar refractivity (Wildman–Crippen MR) is 84.9 cm³/mol. The summed E-state index contributed by atoms with van der Waals surface area (Å²) in [7, 11) is 1.46. The molecule has 4 rings (SSSR count). The van der Waals surface area contributed by atoms with E-state index >= 15 is 0 Å². The van der Waals surface area contributed by atoms with Gasteiger partial charge in [-0.2, -0.15) is 0 Å². The first-order valence-electron chi connectivity index (χ1n) is 7.80. The van der Waals surface area contributed by atoms with E-state index in [0.717, 1.165) is 19.4 Å². The Morgan fingerprint density at radius 3 is 2.41 bits per heavy atom. The molecule has 3 nitrogen and oxygen atoms in total. The first-order valence-corrected chi connectivity index (χ1v) is 7.80. The zero-order valence-corrected chi connectivity index (χ0v) is 12.7. The van der Waals surface area contributed by atoms with Crippen LogP contribution < -0.4 is 0 Å². The molecular weight excluding hydrogens is 274 g/mol. The summed E-state index contributed by atoms with van der Waals surface area (Å²) in [6.07, 6.45) is 1.71. The fourth-order valence-electron chi connectivity index (χ4n) is 4.07. The van der Waals surface area contributed by atoms with Crippen LogP contribution in [0.3, 0.4) is 0 Å². The lowest BCUT2D eigenvalue weighted by molar-refractivity contribution is 0.117. The molecule has 0 saturated carbocycles. The smallest absolute Gasteiger partial charge is 0.410 e. The quantitative estimate of drug-likeness (QED) is 0.737. The van der Waals surface area contributed by atoms with Crippen LogP contribution in [0.15, 0.2) is 48.5 Å². The third-order valence-corrected chi connectivity index (χ3v) is 5.02. The SMILES string of the molecule is COC(=O)N1CCC2c3ccccc3Cc3ccccc3C21. The van der Waals surface area contributed by atoms with Crippen LogP contribution in [-0.4, -0.2) is 24.6 Å². The summed E-state index contributed by atoms with van der Waals surface area (Å²) >= 11 is 0. The van der Waals surface area contributed by atoms with Gasteiger partial charge in [-0.25, -0.2) is 4.79 Å². The summed E-state index contributed by atoms with van der Waals surface area (Å²) < 4.78 is 5.01. The molecule has 22 heavy (non-hydrogen) atoms. The van der Waals surface area contributed by atoms with Crippen molar-refractivity contribution in [2.75, 3.05) is 13.7 Å². The molecule has 2 aromatic rings. The molecule has 3 heteroatoms. The fourth-order valence-corrected chi connectivity index (χ4v) is 4.07. The number of ether oxygens (including phenoxy) is 1. The van der Waals surface area contributed by atoms with Gasteiger partial charge in [0.2, 0.25) is 0 Å². The third-order valence-electron chi connectivity index (χ3n) is 5.02. The Balaban J connectivity index is 1.90. The van der Waals surface area contributed by atoms with Crippen LogP contribution >= 0.6 is 0 Å². The maximum atomic E-state index is 12.2. The summed E-state index contributed by atoms with van der Waals surface area (Å²) in [6.45, 7) is 0.755. The van der Waals surface area contributed by atoms with Crippen molar-refractivity contribution < 1.29 is 9.53 Å². The molecule has 1 aliphatic heterocycles. The zero-order chi connectivity index (χ0) is 15.1. The molecule has 0 bridgehead atoms. The summed E-state index contributed by atoms with van der Waals surface area (Å²) in [5, 5.41) is 0. The molecule has 2 aromatic carbocycles. The number of likely N-dealkylation sites (tertiary alicyclic amines) is 1. The molecule has 0 aromatic heterocycles. The standard InChI is InChI=1S/C19H19NO2/c1-22-19(21)20-11-10-17-15-8-4-2-6-13(15)12-14-7-3-5-9-16(14)18(17)20/h2-9,17-18H,10-12H2,1H3. The van der Waals surface area contributed by atoms with Crippen molar-refractivity contribution in [3.63, 3.8) is 0 Å². The van der Waals surface area contributed by atoms with Crippen LogP contribution in [0.25, 0.3) is 0 Å². The molecule has 2 unspecified atom stereocenters. The van der Waals surface area contributed by atoms with Crippen molar-refractivity contribution >= 4 is 6.09 Å². The highest BCUT2D eigenvalue weighted by Gasteiger charge is 2.42. The minimum absolute atomic E-state index is 0.0901. The topological polar surface area (TPSA) is 29.5 Å². The average molecular weight is 293 g/mol. The van der Waals surface area contributed by atoms with E-state index in [9.17, 15) is 4.79 Å². The second-order valence-corrected chi connectivity index (χ2v) is 6.08. The number of hydrogen-bond donors (Lipinski definition) is 0. The van der Waals surface area contributed by atoms with Crippen LogP contribution in [0.4, 0.5) is 4.79 Å². The van der Waals surface area contributed by atoms with Crippen LogP contribution in [0.1, 0.15) is 40.6 Å². The largest absolute Gasteiger partial charge is 0.453 e. The lowest BCUT2D eigenvalue weighted by Crippen LogP contribution is -2.31. The Kier molecular flexibility index (Phi) is 3.14. The molecule has 0 spiro atoms. The Hall–Kier alpha value is -2.29. The second kappa shape index (κ2) is 5.16. The number of fused-ring (bicyclic) bond motifs is 5. The van der Waals surface area contributed by atoms with Gasteiger partial charge in [0.05, 0.1) is 13.2 Å². The van der Waals surface area contributed by atoms with E-state index in [2.05, 4.69) is 48.5 Å². The van der Waals surface area contributed by atoms with E-state index < -0.39 is 0 Å². The minimum atomic E-state index is -0.221. The Labute approximate surface area is 130 Å². The molecule has 0 N–H and O–H groups in total. The monoisotopic (exact) mass is 293 g/mol. The Morgan fingerprint density at radius 1 is 1.05 bits per heavy atom. The van der Waals surface area contributed by atoms with Crippen LogP contribution in [0.2, 0.25) is 0 Å². The van der Waals surface area contributed by atoms with Crippen molar-refractivity contribution in [2.24, 2.45) is 0 Å². The molecule has 1 fully saturated rings. The zero-order valence-electron chi connectivity index (χ0n) is 12.7. The molecule has 0 radical (unpaired) electrons. The molecule has 2 atom stereocenters. The maximum absolute atomic E-state index is 12.2. The van der Waals surface area contributed by atoms with Crippen molar-refractivity contribution in [1.29, 1.82) is 0 Å². The van der Waals surface area contributed by atoms with E-state index in [1.165, 1.54) is 29.4 Å². The van der Waals surface area contributed by atoms with Crippen molar-refractivity contribution in [1.82, 2.24) is 4.90 Å². The van der Waals surface area contributed by atoms with Crippen molar-refractivity contribution in [3.8, 4) is 0 Å². The highest BCUT2D eigenvalue weighted by molar-refractivity contribution is 5.69. The van der Waals surface area contributed by atoms with E-state index in [4.69, 9.17) is 4.74 Å². The lowest BCUT2D eigenvalue weighted by atomic mass is 9.87. The van der Waals surface area contributed by atoms with Gasteiger partial charge in [-0.15, -0.1) is 0 Å². The van der Waals surface area contributed by atoms with Gasteiger partial charge in [0, 0.05) is 12.5 Å². The molecule has 1 aliphatic carbocycles. The number of carbonyl (C=O) groups is 1. The molecule has 1 saturated heterocycles. The van der Waals surface area contributed by atoms with E-state index in [1.54, 1.807) is 0 Å². The fraction of sp³-hybridized carbons (Fsp3) is 0.316. The number of nitrogens with zero attached hydrogens (tertiary/aromatic N) is 1. The minimum Gasteiger partial charge on any atom is -0.453 e. The molecular formula is C19H19NO2. The van der Waals surface area contributed by atoms with Gasteiger partial charge in [-0.3, -0.25) is 0 Å². The van der Waals surface area contributed by atoms with Crippen LogP contribution in [0, 0.1) is 0 Å². The van der Waals surface area contributed by atoms with Crippen molar-refractivity contribution in [2.45, 2.75) is 24.8 Å². The summed E-state index contributed by atoms with van der Waals surface area (Å²) in [5.74, 6) is 0.360. The molecule has 2 aliphatic rings. The normalized spacial score (nSPS) is 22.3. The van der Waals surface area contributed by atoms with E-state index in [0.29, 0.717) is 5.92 Å². The number of benzene rings is 2. The van der Waals surface area contributed by atoms with Gasteiger partial charge in [-0.1, -0.05) is 48.5 Å². The second-order valence-electron chi connectivity index (χ2n) is 6.08. The van der Waals surface area contributed by atoms with Gasteiger partial charge < -0.3 is 9.64 Å². The van der Waals surface area contributed by atoms with Gasteiger partial charge in [0.15, 0.2) is 0 Å². The van der Waals surface area contributed by atoms with E-state index in [1.807, 2.05) is 4.90 Å². The Bertz CT molecular complexity index is 725. The average Bonchev–Trinajstić information content (AvgIpc) is 2.94. The first-order chi connectivity index (χ1) is 10.8. The number of rotatable bonds is 0. The summed E-state index contributed by atoms with van der Waals surface area (Å²) in [4.78, 5) is 14.1. The molecule has 1 amide bonds. The molecule has 1 heterocycles. The number of amides is 1. The Morgan fingerprint density at radius 2 is 1.68 bits per heavy atom. The highest BCUT2D eigenvalue weighted by atomic mass is 16.5. The van der Waals surface area contributed by atoms with Crippen molar-refractivity contribution in [3.05, 3.63) is 70.8 Å². The summed E-state index contributed by atoms with van der Waals surface area (Å²) in [5.41, 5.74) is 5.36. The van der Waals surface area contributed by atoms with Gasteiger partial charge >= 0.3 is 6.09 Å². The molecule has 112 valence electrons. The third kappa shape index (κ3) is 1.92. The maximum Gasteiger partial charge on any atom is 0.410 e. The van der Waals surface area contributed by atoms with Crippen LogP contribution in [-0.2, 0) is 11.2 Å².